The summed E-state index contributed by atoms with van der Waals surface area (Å²) in [5.41, 5.74) is 0. The third-order valence-electron chi connectivity index (χ3n) is 0.453. The lowest BCUT2D eigenvalue weighted by atomic mass is 10.4. The van der Waals surface area contributed by atoms with Crippen LogP contribution in [0.5, 0.6) is 0 Å². The Kier molecular flexibility index (Phi) is 40.0. The number of nitrogens with zero attached hydrogens (tertiary/aromatic N) is 2. The van der Waals surface area contributed by atoms with Crippen molar-refractivity contribution in [3.63, 3.8) is 0 Å². The first-order chi connectivity index (χ1) is 4.33. The van der Waals surface area contributed by atoms with Crippen LogP contribution in [0.15, 0.2) is 12.7 Å². The molecule has 0 aliphatic rings. The van der Waals surface area contributed by atoms with Gasteiger partial charge in [-0.05, 0) is 6.42 Å². The molecule has 0 amide bonds. The molecule has 2 nitrogen and oxygen atoms in total. The Morgan fingerprint density at radius 1 is 1.50 bits per heavy atom. The SMILES string of the molecule is C.C=CC#N.CCCC#N. The van der Waals surface area contributed by atoms with E-state index < -0.39 is 0 Å². The van der Waals surface area contributed by atoms with Crippen molar-refractivity contribution in [2.45, 2.75) is 27.2 Å². The van der Waals surface area contributed by atoms with E-state index in [1.54, 1.807) is 6.07 Å². The fourth-order valence-corrected chi connectivity index (χ4v) is 0.112. The lowest BCUT2D eigenvalue weighted by Crippen LogP contribution is -1.53. The van der Waals surface area contributed by atoms with Gasteiger partial charge in [-0.3, -0.25) is 0 Å². The summed E-state index contributed by atoms with van der Waals surface area (Å²) in [6.45, 7) is 5.11. The molecule has 0 aromatic carbocycles. The van der Waals surface area contributed by atoms with Crippen LogP contribution in [0.4, 0.5) is 0 Å². The first-order valence-corrected chi connectivity index (χ1v) is 2.70. The van der Waals surface area contributed by atoms with Crippen molar-refractivity contribution in [2.24, 2.45) is 0 Å². The highest BCUT2D eigenvalue weighted by molar-refractivity contribution is 4.93. The quantitative estimate of drug-likeness (QED) is 0.523. The van der Waals surface area contributed by atoms with Crippen LogP contribution in [0.2, 0.25) is 0 Å². The molecule has 0 fully saturated rings. The van der Waals surface area contributed by atoms with Crippen molar-refractivity contribution in [1.29, 1.82) is 10.5 Å². The Labute approximate surface area is 63.4 Å². The van der Waals surface area contributed by atoms with E-state index in [1.807, 2.05) is 13.0 Å². The molecule has 0 atom stereocenters. The zero-order valence-electron chi connectivity index (χ0n) is 5.59. The number of rotatable bonds is 1. The van der Waals surface area contributed by atoms with Crippen molar-refractivity contribution in [3.05, 3.63) is 12.7 Å². The molecule has 56 valence electrons. The second kappa shape index (κ2) is 25.2. The highest BCUT2D eigenvalue weighted by Gasteiger charge is 1.65. The van der Waals surface area contributed by atoms with E-state index in [0.29, 0.717) is 6.42 Å². The molecule has 0 saturated carbocycles. The van der Waals surface area contributed by atoms with Crippen molar-refractivity contribution in [3.8, 4) is 12.1 Å². The zero-order valence-corrected chi connectivity index (χ0v) is 5.59. The Morgan fingerprint density at radius 2 is 1.90 bits per heavy atom. The van der Waals surface area contributed by atoms with Crippen LogP contribution >= 0.6 is 0 Å². The second-order valence-corrected chi connectivity index (χ2v) is 1.24. The number of hydrogen-bond acceptors (Lipinski definition) is 2. The van der Waals surface area contributed by atoms with E-state index in [9.17, 15) is 0 Å². The number of nitriles is 2. The molecule has 0 aliphatic heterocycles. The van der Waals surface area contributed by atoms with Crippen LogP contribution < -0.4 is 0 Å². The molecule has 0 unspecified atom stereocenters. The molecule has 0 N–H and O–H groups in total. The first-order valence-electron chi connectivity index (χ1n) is 2.70. The number of unbranched alkanes of at least 4 members (excludes halogenated alkanes) is 1. The van der Waals surface area contributed by atoms with E-state index in [1.165, 1.54) is 6.08 Å². The minimum atomic E-state index is 0. The maximum atomic E-state index is 7.82. The molecule has 0 aliphatic carbocycles. The van der Waals surface area contributed by atoms with Crippen molar-refractivity contribution in [2.75, 3.05) is 0 Å². The molecule has 0 saturated heterocycles. The molecule has 0 rings (SSSR count). The Bertz CT molecular complexity index is 125. The van der Waals surface area contributed by atoms with E-state index in [-0.39, 0.29) is 7.43 Å². The molecule has 0 bridgehead atoms. The van der Waals surface area contributed by atoms with Gasteiger partial charge in [-0.15, -0.1) is 0 Å². The molecule has 0 spiro atoms. The summed E-state index contributed by atoms with van der Waals surface area (Å²) in [6.07, 6.45) is 2.86. The van der Waals surface area contributed by atoms with Gasteiger partial charge in [0.05, 0.1) is 12.1 Å². The van der Waals surface area contributed by atoms with Gasteiger partial charge >= 0.3 is 0 Å². The average Bonchev–Trinajstić information content (AvgIpc) is 1.91. The van der Waals surface area contributed by atoms with Crippen LogP contribution in [-0.2, 0) is 0 Å². The average molecular weight is 138 g/mol. The summed E-state index contributed by atoms with van der Waals surface area (Å²) < 4.78 is 0. The Hall–Kier alpha value is -1.28. The largest absolute Gasteiger partial charge is 0.198 e. The monoisotopic (exact) mass is 138 g/mol. The summed E-state index contributed by atoms with van der Waals surface area (Å²) in [6, 6.07) is 3.71. The van der Waals surface area contributed by atoms with Gasteiger partial charge in [0.1, 0.15) is 0 Å². The van der Waals surface area contributed by atoms with Gasteiger partial charge in [-0.25, -0.2) is 0 Å². The summed E-state index contributed by atoms with van der Waals surface area (Å²) in [5.74, 6) is 0. The van der Waals surface area contributed by atoms with Crippen molar-refractivity contribution >= 4 is 0 Å². The third kappa shape index (κ3) is 74.3. The van der Waals surface area contributed by atoms with Crippen molar-refractivity contribution < 1.29 is 0 Å². The van der Waals surface area contributed by atoms with Gasteiger partial charge in [-0.2, -0.15) is 10.5 Å². The highest BCUT2D eigenvalue weighted by Crippen LogP contribution is 1.77. The van der Waals surface area contributed by atoms with Gasteiger partial charge in [-0.1, -0.05) is 20.9 Å². The van der Waals surface area contributed by atoms with Crippen LogP contribution in [0.3, 0.4) is 0 Å². The van der Waals surface area contributed by atoms with E-state index in [4.69, 9.17) is 10.5 Å². The predicted octanol–water partition coefficient (Wildman–Crippen LogP) is 2.64. The molecular formula is C8H14N2. The van der Waals surface area contributed by atoms with Crippen LogP contribution in [0.1, 0.15) is 27.2 Å². The van der Waals surface area contributed by atoms with Crippen molar-refractivity contribution in [1.82, 2.24) is 0 Å². The minimum absolute atomic E-state index is 0. The fourth-order valence-electron chi connectivity index (χ4n) is 0.112. The van der Waals surface area contributed by atoms with E-state index >= 15 is 0 Å². The van der Waals surface area contributed by atoms with Gasteiger partial charge in [0.25, 0.3) is 0 Å². The third-order valence-corrected chi connectivity index (χ3v) is 0.453. The van der Waals surface area contributed by atoms with E-state index in [2.05, 4.69) is 6.58 Å². The zero-order chi connectivity index (χ0) is 7.54. The number of hydrogen-bond donors (Lipinski definition) is 0. The molecule has 2 heteroatoms. The summed E-state index contributed by atoms with van der Waals surface area (Å²) in [7, 11) is 0. The molecular weight excluding hydrogens is 124 g/mol. The molecule has 0 heterocycles. The number of allylic oxidation sites excluding steroid dienone is 1. The normalized spacial score (nSPS) is 4.70. The Balaban J connectivity index is -0.0000000910. The Morgan fingerprint density at radius 3 is 1.90 bits per heavy atom. The maximum absolute atomic E-state index is 7.82. The van der Waals surface area contributed by atoms with Crippen LogP contribution in [0, 0.1) is 22.7 Å². The molecule has 0 aromatic heterocycles. The summed E-state index contributed by atoms with van der Waals surface area (Å²) in [4.78, 5) is 0. The topological polar surface area (TPSA) is 47.6 Å². The van der Waals surface area contributed by atoms with Gasteiger partial charge in [0.2, 0.25) is 0 Å². The lowest BCUT2D eigenvalue weighted by Gasteiger charge is -1.65. The molecule has 0 aromatic rings. The maximum Gasteiger partial charge on any atom is 0.0905 e. The molecule has 10 heavy (non-hydrogen) atoms. The summed E-state index contributed by atoms with van der Waals surface area (Å²) >= 11 is 0. The lowest BCUT2D eigenvalue weighted by molar-refractivity contribution is 0.969. The van der Waals surface area contributed by atoms with Crippen LogP contribution in [0.25, 0.3) is 0 Å². The highest BCUT2D eigenvalue weighted by atomic mass is 14.2. The molecule has 0 radical (unpaired) electrons. The summed E-state index contributed by atoms with van der Waals surface area (Å²) in [5, 5.41) is 15.3. The van der Waals surface area contributed by atoms with Gasteiger partial charge in [0.15, 0.2) is 0 Å². The minimum Gasteiger partial charge on any atom is -0.198 e. The fraction of sp³-hybridized carbons (Fsp3) is 0.500. The van der Waals surface area contributed by atoms with Gasteiger partial charge < -0.3 is 0 Å². The van der Waals surface area contributed by atoms with E-state index in [0.717, 1.165) is 6.42 Å². The first kappa shape index (κ1) is 15.9. The smallest absolute Gasteiger partial charge is 0.0905 e. The standard InChI is InChI=1S/C4H7N.C3H3N.CH4/c1-2-3-4-5;1-2-3-4;/h2-3H2,1H3;2H,1H2;1H4. The van der Waals surface area contributed by atoms with Crippen LogP contribution in [-0.4, -0.2) is 0 Å². The van der Waals surface area contributed by atoms with Gasteiger partial charge in [0, 0.05) is 12.5 Å². The second-order valence-electron chi connectivity index (χ2n) is 1.24. The predicted molar refractivity (Wildman–Crippen MR) is 43.1 cm³/mol.